The van der Waals surface area contributed by atoms with Crippen LogP contribution in [0.2, 0.25) is 0 Å². The van der Waals surface area contributed by atoms with Crippen LogP contribution in [0, 0.1) is 0 Å². The molecule has 0 aliphatic heterocycles. The maximum Gasteiger partial charge on any atom is 0.337 e. The highest BCUT2D eigenvalue weighted by molar-refractivity contribution is 7.92. The third kappa shape index (κ3) is 6.81. The molecule has 0 spiro atoms. The van der Waals surface area contributed by atoms with E-state index in [-0.39, 0.29) is 19.1 Å². The predicted octanol–water partition coefficient (Wildman–Crippen LogP) is 3.46. The molecule has 8 nitrogen and oxygen atoms in total. The van der Waals surface area contributed by atoms with Crippen molar-refractivity contribution >= 4 is 33.3 Å². The van der Waals surface area contributed by atoms with Gasteiger partial charge < -0.3 is 14.8 Å². The summed E-state index contributed by atoms with van der Waals surface area (Å²) >= 11 is 0. The topological polar surface area (TPSA) is 102 Å². The highest BCUT2D eigenvalue weighted by Gasteiger charge is 2.18. The van der Waals surface area contributed by atoms with E-state index in [1.165, 1.54) is 11.4 Å². The quantitative estimate of drug-likeness (QED) is 0.483. The normalized spacial score (nSPS) is 10.8. The summed E-state index contributed by atoms with van der Waals surface area (Å²) in [6.45, 7) is -0.0328. The third-order valence-electron chi connectivity index (χ3n) is 4.65. The van der Waals surface area contributed by atoms with Crippen molar-refractivity contribution in [2.75, 3.05) is 29.6 Å². The van der Waals surface area contributed by atoms with Crippen LogP contribution in [0.25, 0.3) is 0 Å². The molecule has 3 aromatic carbocycles. The Bertz CT molecular complexity index is 1190. The summed E-state index contributed by atoms with van der Waals surface area (Å²) in [5.74, 6) is -0.423. The van der Waals surface area contributed by atoms with Crippen LogP contribution in [0.1, 0.15) is 15.9 Å². The number of hydrogen-bond donors (Lipinski definition) is 1. The molecule has 0 aromatic heterocycles. The highest BCUT2D eigenvalue weighted by Crippen LogP contribution is 2.23. The molecule has 9 heteroatoms. The summed E-state index contributed by atoms with van der Waals surface area (Å²) in [6, 6.07) is 22.0. The molecule has 172 valence electrons. The van der Waals surface area contributed by atoms with Gasteiger partial charge in [0, 0.05) is 5.69 Å². The molecule has 0 bridgehead atoms. The average molecular weight is 469 g/mol. The average Bonchev–Trinajstić information content (AvgIpc) is 2.81. The number of amides is 1. The van der Waals surface area contributed by atoms with Crippen molar-refractivity contribution in [3.05, 3.63) is 90.0 Å². The number of anilines is 2. The Balaban J connectivity index is 1.59. The van der Waals surface area contributed by atoms with Crippen LogP contribution >= 0.6 is 0 Å². The number of hydrogen-bond acceptors (Lipinski definition) is 6. The molecule has 3 aromatic rings. The van der Waals surface area contributed by atoms with Gasteiger partial charge in [-0.05, 0) is 54.1 Å². The Morgan fingerprint density at radius 1 is 0.909 bits per heavy atom. The van der Waals surface area contributed by atoms with Gasteiger partial charge in [0.25, 0.3) is 5.91 Å². The van der Waals surface area contributed by atoms with Gasteiger partial charge in [0.05, 0.1) is 31.2 Å². The second kappa shape index (κ2) is 10.6. The first-order valence-electron chi connectivity index (χ1n) is 9.99. The molecule has 0 heterocycles. The van der Waals surface area contributed by atoms with E-state index in [2.05, 4.69) is 10.1 Å². The zero-order valence-electron chi connectivity index (χ0n) is 18.2. The molecule has 1 amide bonds. The molecule has 0 saturated carbocycles. The van der Waals surface area contributed by atoms with Crippen LogP contribution < -0.4 is 14.4 Å². The lowest BCUT2D eigenvalue weighted by Crippen LogP contribution is -2.29. The van der Waals surface area contributed by atoms with Crippen molar-refractivity contribution < 1.29 is 27.5 Å². The van der Waals surface area contributed by atoms with E-state index in [1.54, 1.807) is 48.5 Å². The first kappa shape index (κ1) is 23.8. The molecule has 3 rings (SSSR count). The summed E-state index contributed by atoms with van der Waals surface area (Å²) in [5.41, 5.74) is 2.24. The van der Waals surface area contributed by atoms with E-state index in [0.29, 0.717) is 22.7 Å². The lowest BCUT2D eigenvalue weighted by molar-refractivity contribution is -0.118. The van der Waals surface area contributed by atoms with Gasteiger partial charge in [0.15, 0.2) is 6.61 Å². The van der Waals surface area contributed by atoms with Crippen molar-refractivity contribution in [1.82, 2.24) is 0 Å². The minimum Gasteiger partial charge on any atom is -0.484 e. The molecule has 33 heavy (non-hydrogen) atoms. The van der Waals surface area contributed by atoms with Crippen molar-refractivity contribution in [1.29, 1.82) is 0 Å². The minimum absolute atomic E-state index is 0.205. The van der Waals surface area contributed by atoms with Gasteiger partial charge in [-0.25, -0.2) is 13.2 Å². The van der Waals surface area contributed by atoms with E-state index in [1.807, 2.05) is 30.3 Å². The molecule has 0 aliphatic rings. The Kier molecular flexibility index (Phi) is 7.68. The third-order valence-corrected chi connectivity index (χ3v) is 5.79. The van der Waals surface area contributed by atoms with Crippen LogP contribution in [0.5, 0.6) is 5.75 Å². The number of nitrogens with one attached hydrogen (secondary N) is 1. The fourth-order valence-electron chi connectivity index (χ4n) is 3.01. The smallest absolute Gasteiger partial charge is 0.337 e. The van der Waals surface area contributed by atoms with Gasteiger partial charge in [-0.2, -0.15) is 0 Å². The Labute approximate surface area is 192 Å². The number of rotatable bonds is 9. The molecule has 0 atom stereocenters. The van der Waals surface area contributed by atoms with Gasteiger partial charge in [-0.3, -0.25) is 9.10 Å². The van der Waals surface area contributed by atoms with E-state index < -0.39 is 16.0 Å². The summed E-state index contributed by atoms with van der Waals surface area (Å²) in [4.78, 5) is 23.6. The zero-order valence-corrected chi connectivity index (χ0v) is 19.0. The lowest BCUT2D eigenvalue weighted by atomic mass is 10.2. The molecule has 0 aliphatic carbocycles. The largest absolute Gasteiger partial charge is 0.484 e. The summed E-state index contributed by atoms with van der Waals surface area (Å²) in [6.07, 6.45) is 1.16. The number of esters is 1. The van der Waals surface area contributed by atoms with Crippen LogP contribution in [-0.4, -0.2) is 40.3 Å². The number of ether oxygens (including phenoxy) is 2. The first-order chi connectivity index (χ1) is 15.8. The summed E-state index contributed by atoms with van der Waals surface area (Å²) in [5, 5.41) is 2.67. The SMILES string of the molecule is COC(=O)c1ccc(NC(=O)COc2ccc(N(Cc3ccccc3)S(C)(=O)=O)cc2)cc1. The molecule has 0 unspecified atom stereocenters. The van der Waals surface area contributed by atoms with E-state index in [0.717, 1.165) is 11.8 Å². The maximum atomic E-state index is 12.3. The summed E-state index contributed by atoms with van der Waals surface area (Å²) in [7, 11) is -2.20. The number of methoxy groups -OCH3 is 1. The monoisotopic (exact) mass is 468 g/mol. The fourth-order valence-corrected chi connectivity index (χ4v) is 3.90. The van der Waals surface area contributed by atoms with Crippen LogP contribution in [-0.2, 0) is 26.1 Å². The van der Waals surface area contributed by atoms with E-state index >= 15 is 0 Å². The predicted molar refractivity (Wildman–Crippen MR) is 126 cm³/mol. The van der Waals surface area contributed by atoms with Crippen molar-refractivity contribution in [3.8, 4) is 5.75 Å². The number of carbonyl (C=O) groups is 2. The Morgan fingerprint density at radius 3 is 2.12 bits per heavy atom. The first-order valence-corrected chi connectivity index (χ1v) is 11.8. The molecule has 0 radical (unpaired) electrons. The maximum absolute atomic E-state index is 12.3. The number of sulfonamides is 1. The standard InChI is InChI=1S/C24H24N2O6S/c1-31-24(28)19-8-10-20(11-9-19)25-23(27)17-32-22-14-12-21(13-15-22)26(33(2,29)30)16-18-6-4-3-5-7-18/h3-15H,16-17H2,1-2H3,(H,25,27). The summed E-state index contributed by atoms with van der Waals surface area (Å²) < 4.78 is 36.0. The number of benzene rings is 3. The lowest BCUT2D eigenvalue weighted by Gasteiger charge is -2.22. The van der Waals surface area contributed by atoms with Crippen LogP contribution in [0.15, 0.2) is 78.9 Å². The van der Waals surface area contributed by atoms with Crippen LogP contribution in [0.3, 0.4) is 0 Å². The molecule has 0 fully saturated rings. The second-order valence-corrected chi connectivity index (χ2v) is 9.06. The van der Waals surface area contributed by atoms with Gasteiger partial charge in [0.1, 0.15) is 5.75 Å². The Hall–Kier alpha value is -3.85. The van der Waals surface area contributed by atoms with Gasteiger partial charge in [-0.1, -0.05) is 30.3 Å². The van der Waals surface area contributed by atoms with Crippen LogP contribution in [0.4, 0.5) is 11.4 Å². The van der Waals surface area contributed by atoms with Gasteiger partial charge >= 0.3 is 5.97 Å². The van der Waals surface area contributed by atoms with E-state index in [9.17, 15) is 18.0 Å². The highest BCUT2D eigenvalue weighted by atomic mass is 32.2. The zero-order chi connectivity index (χ0) is 23.8. The number of nitrogens with zero attached hydrogens (tertiary/aromatic N) is 1. The number of carbonyl (C=O) groups excluding carboxylic acids is 2. The van der Waals surface area contributed by atoms with Crippen molar-refractivity contribution in [2.45, 2.75) is 6.54 Å². The second-order valence-electron chi connectivity index (χ2n) is 7.15. The Morgan fingerprint density at radius 2 is 1.55 bits per heavy atom. The van der Waals surface area contributed by atoms with Crippen molar-refractivity contribution in [2.24, 2.45) is 0 Å². The van der Waals surface area contributed by atoms with Crippen molar-refractivity contribution in [3.63, 3.8) is 0 Å². The van der Waals surface area contributed by atoms with E-state index in [4.69, 9.17) is 4.74 Å². The molecule has 0 saturated heterocycles. The van der Waals surface area contributed by atoms with Gasteiger partial charge in [0.2, 0.25) is 10.0 Å². The minimum atomic E-state index is -3.50. The fraction of sp³-hybridized carbons (Fsp3) is 0.167. The molecular weight excluding hydrogens is 444 g/mol. The molecular formula is C24H24N2O6S. The van der Waals surface area contributed by atoms with Gasteiger partial charge in [-0.15, -0.1) is 0 Å². The molecule has 1 N–H and O–H groups in total.